The zero-order chi connectivity index (χ0) is 24.4. The minimum Gasteiger partial charge on any atom is -0.326 e. The Morgan fingerprint density at radius 2 is 1.79 bits per heavy atom. The lowest BCUT2D eigenvalue weighted by atomic mass is 10.00. The summed E-state index contributed by atoms with van der Waals surface area (Å²) in [5.74, 6) is -1.53. The van der Waals surface area contributed by atoms with Crippen LogP contribution in [0.4, 0.5) is 10.1 Å². The molecule has 0 aromatic heterocycles. The molecular weight excluding hydrogens is 476 g/mol. The van der Waals surface area contributed by atoms with Crippen LogP contribution in [0.1, 0.15) is 23.6 Å². The van der Waals surface area contributed by atoms with Crippen LogP contribution in [-0.4, -0.2) is 30.7 Å². The van der Waals surface area contributed by atoms with Gasteiger partial charge >= 0.3 is 0 Å². The number of nitrogens with one attached hydrogen (secondary N) is 1. The van der Waals surface area contributed by atoms with E-state index < -0.39 is 12.1 Å². The van der Waals surface area contributed by atoms with Crippen LogP contribution in [0.25, 0.3) is 0 Å². The summed E-state index contributed by atoms with van der Waals surface area (Å²) in [5, 5.41) is 3.64. The molecule has 0 bridgehead atoms. The minimum atomic E-state index is -1.14. The number of halogens is 3. The second kappa shape index (κ2) is 9.95. The first-order valence-corrected chi connectivity index (χ1v) is 11.4. The molecule has 3 aromatic carbocycles. The number of benzodiazepines with no additional fused rings is 1. The average molecular weight is 498 g/mol. The van der Waals surface area contributed by atoms with Crippen molar-refractivity contribution in [2.45, 2.75) is 19.5 Å². The standard InChI is InChI=1S/C26H22Cl2FN3O2/c1-15(13-16-7-12-20(27)21(28)14-16)25(33)31-24-26(34)32(2)22-6-4-3-5-19(22)23(30-24)17-8-10-18(29)11-9-17/h3-12,14-15,24H,13H2,1-2H3,(H,31,33). The molecule has 1 aliphatic heterocycles. The average Bonchev–Trinajstić information content (AvgIpc) is 2.93. The molecule has 3 aromatic rings. The van der Waals surface area contributed by atoms with Gasteiger partial charge in [-0.3, -0.25) is 9.59 Å². The molecule has 5 nitrogen and oxygen atoms in total. The van der Waals surface area contributed by atoms with E-state index in [1.165, 1.54) is 17.0 Å². The first kappa shape index (κ1) is 23.9. The van der Waals surface area contributed by atoms with Crippen LogP contribution in [0.3, 0.4) is 0 Å². The SMILES string of the molecule is CC(Cc1ccc(Cl)c(Cl)c1)C(=O)NC1N=C(c2ccc(F)cc2)c2ccccc2N(C)C1=O. The number of fused-ring (bicyclic) bond motifs is 1. The number of hydrogen-bond acceptors (Lipinski definition) is 3. The van der Waals surface area contributed by atoms with Crippen molar-refractivity contribution in [1.29, 1.82) is 0 Å². The van der Waals surface area contributed by atoms with Gasteiger partial charge < -0.3 is 10.2 Å². The summed E-state index contributed by atoms with van der Waals surface area (Å²) >= 11 is 12.1. The Labute approximate surface area is 207 Å². The van der Waals surface area contributed by atoms with Crippen molar-refractivity contribution in [2.75, 3.05) is 11.9 Å². The Bertz CT molecular complexity index is 1280. The number of para-hydroxylation sites is 1. The largest absolute Gasteiger partial charge is 0.326 e. The molecule has 2 unspecified atom stereocenters. The van der Waals surface area contributed by atoms with Gasteiger partial charge in [0, 0.05) is 24.1 Å². The van der Waals surface area contributed by atoms with E-state index in [9.17, 15) is 14.0 Å². The van der Waals surface area contributed by atoms with Crippen molar-refractivity contribution in [3.63, 3.8) is 0 Å². The minimum absolute atomic E-state index is 0.328. The zero-order valence-electron chi connectivity index (χ0n) is 18.6. The summed E-state index contributed by atoms with van der Waals surface area (Å²) in [6.07, 6.45) is -0.727. The number of carbonyl (C=O) groups excluding carboxylic acids is 2. The molecule has 1 heterocycles. The lowest BCUT2D eigenvalue weighted by Crippen LogP contribution is -2.47. The molecule has 34 heavy (non-hydrogen) atoms. The fourth-order valence-corrected chi connectivity index (χ4v) is 4.16. The fourth-order valence-electron chi connectivity index (χ4n) is 3.84. The van der Waals surface area contributed by atoms with Crippen molar-refractivity contribution >= 4 is 46.4 Å². The van der Waals surface area contributed by atoms with E-state index in [4.69, 9.17) is 23.2 Å². The smallest absolute Gasteiger partial charge is 0.272 e. The Morgan fingerprint density at radius 1 is 1.09 bits per heavy atom. The summed E-state index contributed by atoms with van der Waals surface area (Å²) in [6.45, 7) is 1.77. The number of amides is 2. The molecule has 2 atom stereocenters. The predicted octanol–water partition coefficient (Wildman–Crippen LogP) is 5.27. The van der Waals surface area contributed by atoms with Crippen LogP contribution in [0, 0.1) is 11.7 Å². The molecular formula is C26H22Cl2FN3O2. The number of carbonyl (C=O) groups is 2. The second-order valence-electron chi connectivity index (χ2n) is 8.16. The number of hydrogen-bond donors (Lipinski definition) is 1. The Balaban J connectivity index is 1.64. The molecule has 1 N–H and O–H groups in total. The molecule has 174 valence electrons. The molecule has 0 spiro atoms. The topological polar surface area (TPSA) is 61.8 Å². The first-order chi connectivity index (χ1) is 16.2. The van der Waals surface area contributed by atoms with E-state index >= 15 is 0 Å². The summed E-state index contributed by atoms with van der Waals surface area (Å²) in [7, 11) is 1.64. The van der Waals surface area contributed by atoms with Gasteiger partial charge in [0.2, 0.25) is 12.1 Å². The predicted molar refractivity (Wildman–Crippen MR) is 133 cm³/mol. The highest BCUT2D eigenvalue weighted by Gasteiger charge is 2.31. The lowest BCUT2D eigenvalue weighted by Gasteiger charge is -2.22. The molecule has 0 saturated heterocycles. The molecule has 0 saturated carbocycles. The van der Waals surface area contributed by atoms with Crippen LogP contribution in [0.2, 0.25) is 10.0 Å². The summed E-state index contributed by atoms with van der Waals surface area (Å²) in [4.78, 5) is 32.4. The third-order valence-electron chi connectivity index (χ3n) is 5.71. The number of likely N-dealkylation sites (N-methyl/N-ethyl adjacent to an activating group) is 1. The fraction of sp³-hybridized carbons (Fsp3) is 0.192. The van der Waals surface area contributed by atoms with E-state index in [2.05, 4.69) is 10.3 Å². The van der Waals surface area contributed by atoms with E-state index in [1.54, 1.807) is 38.2 Å². The molecule has 2 amide bonds. The maximum atomic E-state index is 13.5. The van der Waals surface area contributed by atoms with Gasteiger partial charge in [0.25, 0.3) is 5.91 Å². The van der Waals surface area contributed by atoms with E-state index in [0.29, 0.717) is 39.0 Å². The van der Waals surface area contributed by atoms with E-state index in [0.717, 1.165) is 5.56 Å². The normalized spacial score (nSPS) is 16.4. The highest BCUT2D eigenvalue weighted by molar-refractivity contribution is 6.42. The zero-order valence-corrected chi connectivity index (χ0v) is 20.1. The highest BCUT2D eigenvalue weighted by Crippen LogP contribution is 2.28. The van der Waals surface area contributed by atoms with Gasteiger partial charge in [0.1, 0.15) is 5.82 Å². The van der Waals surface area contributed by atoms with Gasteiger partial charge in [0.15, 0.2) is 0 Å². The van der Waals surface area contributed by atoms with Crippen LogP contribution < -0.4 is 10.2 Å². The van der Waals surface area contributed by atoms with Crippen molar-refractivity contribution in [3.05, 3.63) is 99.3 Å². The second-order valence-corrected chi connectivity index (χ2v) is 8.98. The Morgan fingerprint density at radius 3 is 2.50 bits per heavy atom. The van der Waals surface area contributed by atoms with Crippen LogP contribution in [0.15, 0.2) is 71.7 Å². The lowest BCUT2D eigenvalue weighted by molar-refractivity contribution is -0.129. The van der Waals surface area contributed by atoms with Crippen LogP contribution >= 0.6 is 23.2 Å². The monoisotopic (exact) mass is 497 g/mol. The quantitative estimate of drug-likeness (QED) is 0.521. The Hall–Kier alpha value is -3.22. The van der Waals surface area contributed by atoms with Gasteiger partial charge in [-0.2, -0.15) is 0 Å². The number of rotatable bonds is 5. The van der Waals surface area contributed by atoms with Gasteiger partial charge in [-0.25, -0.2) is 9.38 Å². The number of anilines is 1. The number of benzene rings is 3. The van der Waals surface area contributed by atoms with Gasteiger partial charge in [-0.1, -0.05) is 54.4 Å². The third-order valence-corrected chi connectivity index (χ3v) is 6.45. The van der Waals surface area contributed by atoms with E-state index in [-0.39, 0.29) is 17.6 Å². The number of aliphatic imine (C=N–C) groups is 1. The molecule has 1 aliphatic rings. The first-order valence-electron chi connectivity index (χ1n) is 10.7. The molecule has 0 aliphatic carbocycles. The van der Waals surface area contributed by atoms with Gasteiger partial charge in [-0.05, 0) is 54.4 Å². The van der Waals surface area contributed by atoms with Gasteiger partial charge in [-0.15, -0.1) is 0 Å². The van der Waals surface area contributed by atoms with Crippen molar-refractivity contribution in [2.24, 2.45) is 10.9 Å². The van der Waals surface area contributed by atoms with Crippen molar-refractivity contribution < 1.29 is 14.0 Å². The maximum Gasteiger partial charge on any atom is 0.272 e. The van der Waals surface area contributed by atoms with Crippen molar-refractivity contribution in [3.8, 4) is 0 Å². The summed E-state index contributed by atoms with van der Waals surface area (Å²) in [5.41, 5.74) is 3.35. The summed E-state index contributed by atoms with van der Waals surface area (Å²) in [6, 6.07) is 18.4. The Kier molecular flexibility index (Phi) is 7.00. The summed E-state index contributed by atoms with van der Waals surface area (Å²) < 4.78 is 13.5. The van der Waals surface area contributed by atoms with Crippen molar-refractivity contribution in [1.82, 2.24) is 5.32 Å². The highest BCUT2D eigenvalue weighted by atomic mass is 35.5. The molecule has 0 radical (unpaired) electrons. The molecule has 0 fully saturated rings. The molecule has 8 heteroatoms. The van der Waals surface area contributed by atoms with E-state index in [1.807, 2.05) is 30.3 Å². The van der Waals surface area contributed by atoms with Crippen LogP contribution in [0.5, 0.6) is 0 Å². The van der Waals surface area contributed by atoms with Crippen LogP contribution in [-0.2, 0) is 16.0 Å². The molecule has 4 rings (SSSR count). The third kappa shape index (κ3) is 4.98. The maximum absolute atomic E-state index is 13.5. The number of nitrogens with zero attached hydrogens (tertiary/aromatic N) is 2. The van der Waals surface area contributed by atoms with Gasteiger partial charge in [0.05, 0.1) is 21.4 Å².